The Labute approximate surface area is 117 Å². The van der Waals surface area contributed by atoms with Gasteiger partial charge in [0.2, 0.25) is 5.91 Å². The van der Waals surface area contributed by atoms with E-state index in [-0.39, 0.29) is 0 Å². The second-order valence-electron chi connectivity index (χ2n) is 6.46. The highest BCUT2D eigenvalue weighted by Crippen LogP contribution is 2.23. The summed E-state index contributed by atoms with van der Waals surface area (Å²) in [5, 5.41) is 0. The molecule has 4 nitrogen and oxygen atoms in total. The van der Waals surface area contributed by atoms with Crippen LogP contribution in [0.25, 0.3) is 0 Å². The lowest BCUT2D eigenvalue weighted by Crippen LogP contribution is -2.53. The number of amides is 1. The molecule has 1 amide bonds. The number of nitrogens with zero attached hydrogens (tertiary/aromatic N) is 2. The van der Waals surface area contributed by atoms with Crippen LogP contribution in [-0.4, -0.2) is 54.5 Å². The summed E-state index contributed by atoms with van der Waals surface area (Å²) >= 11 is 0. The summed E-state index contributed by atoms with van der Waals surface area (Å²) < 4.78 is 0. The standard InChI is InChI=1S/C15H29N3O/c1-12-5-8-17(9-6-12)15(19)11-18-7-3-4-13(2)14(18)10-16/h12-14H,3-11,16H2,1-2H3. The number of piperidine rings is 2. The second kappa shape index (κ2) is 6.71. The lowest BCUT2D eigenvalue weighted by atomic mass is 9.90. The average molecular weight is 267 g/mol. The Hall–Kier alpha value is -0.610. The molecule has 0 aliphatic carbocycles. The summed E-state index contributed by atoms with van der Waals surface area (Å²) in [6, 6.07) is 0.390. The molecule has 0 aromatic carbocycles. The molecule has 0 spiro atoms. The molecular formula is C15H29N3O. The van der Waals surface area contributed by atoms with Gasteiger partial charge in [0.1, 0.15) is 0 Å². The predicted octanol–water partition coefficient (Wildman–Crippen LogP) is 1.30. The summed E-state index contributed by atoms with van der Waals surface area (Å²) in [5.74, 6) is 1.70. The van der Waals surface area contributed by atoms with E-state index >= 15 is 0 Å². The maximum atomic E-state index is 12.4. The van der Waals surface area contributed by atoms with Crippen molar-refractivity contribution in [2.24, 2.45) is 17.6 Å². The van der Waals surface area contributed by atoms with Crippen molar-refractivity contribution in [1.82, 2.24) is 9.80 Å². The minimum absolute atomic E-state index is 0.305. The van der Waals surface area contributed by atoms with E-state index in [1.54, 1.807) is 0 Å². The van der Waals surface area contributed by atoms with Crippen LogP contribution < -0.4 is 5.73 Å². The molecule has 0 aromatic heterocycles. The van der Waals surface area contributed by atoms with Crippen LogP contribution in [0.3, 0.4) is 0 Å². The largest absolute Gasteiger partial charge is 0.342 e. The van der Waals surface area contributed by atoms with Crippen LogP contribution in [0.2, 0.25) is 0 Å². The van der Waals surface area contributed by atoms with Gasteiger partial charge in [-0.2, -0.15) is 0 Å². The molecule has 0 saturated carbocycles. The van der Waals surface area contributed by atoms with Crippen molar-refractivity contribution < 1.29 is 4.79 Å². The Morgan fingerprint density at radius 2 is 1.84 bits per heavy atom. The van der Waals surface area contributed by atoms with Crippen molar-refractivity contribution in [2.45, 2.75) is 45.6 Å². The van der Waals surface area contributed by atoms with Crippen LogP contribution in [0, 0.1) is 11.8 Å². The molecule has 2 N–H and O–H groups in total. The van der Waals surface area contributed by atoms with Gasteiger partial charge in [-0.1, -0.05) is 13.8 Å². The van der Waals surface area contributed by atoms with Gasteiger partial charge < -0.3 is 10.6 Å². The monoisotopic (exact) mass is 267 g/mol. The Morgan fingerprint density at radius 1 is 1.16 bits per heavy atom. The lowest BCUT2D eigenvalue weighted by Gasteiger charge is -2.40. The molecule has 2 fully saturated rings. The number of nitrogens with two attached hydrogens (primary N) is 1. The van der Waals surface area contributed by atoms with Gasteiger partial charge in [-0.25, -0.2) is 0 Å². The Balaban J connectivity index is 1.87. The van der Waals surface area contributed by atoms with E-state index in [1.807, 2.05) is 4.90 Å². The molecule has 2 unspecified atom stereocenters. The van der Waals surface area contributed by atoms with Crippen molar-refractivity contribution >= 4 is 5.91 Å². The molecule has 19 heavy (non-hydrogen) atoms. The summed E-state index contributed by atoms with van der Waals surface area (Å²) in [6.07, 6.45) is 4.75. The Morgan fingerprint density at radius 3 is 2.47 bits per heavy atom. The number of carbonyl (C=O) groups excluding carboxylic acids is 1. The van der Waals surface area contributed by atoms with Gasteiger partial charge in [0.15, 0.2) is 0 Å². The maximum Gasteiger partial charge on any atom is 0.236 e. The fraction of sp³-hybridized carbons (Fsp3) is 0.933. The Kier molecular flexibility index (Phi) is 5.22. The molecule has 2 atom stereocenters. The van der Waals surface area contributed by atoms with Crippen LogP contribution in [0.4, 0.5) is 0 Å². The third kappa shape index (κ3) is 3.69. The first kappa shape index (κ1) is 14.8. The van der Waals surface area contributed by atoms with Crippen molar-refractivity contribution in [2.75, 3.05) is 32.7 Å². The highest BCUT2D eigenvalue weighted by atomic mass is 16.2. The van der Waals surface area contributed by atoms with Crippen molar-refractivity contribution in [3.63, 3.8) is 0 Å². The van der Waals surface area contributed by atoms with Gasteiger partial charge in [-0.15, -0.1) is 0 Å². The molecule has 0 radical (unpaired) electrons. The summed E-state index contributed by atoms with van der Waals surface area (Å²) in [6.45, 7) is 8.69. The maximum absolute atomic E-state index is 12.4. The molecule has 2 heterocycles. The first-order valence-corrected chi connectivity index (χ1v) is 7.83. The number of likely N-dealkylation sites (tertiary alicyclic amines) is 2. The fourth-order valence-electron chi connectivity index (χ4n) is 3.44. The highest BCUT2D eigenvalue weighted by Gasteiger charge is 2.30. The van der Waals surface area contributed by atoms with E-state index in [9.17, 15) is 4.79 Å². The van der Waals surface area contributed by atoms with Crippen LogP contribution in [0.1, 0.15) is 39.5 Å². The summed E-state index contributed by atoms with van der Waals surface area (Å²) in [7, 11) is 0. The van der Waals surface area contributed by atoms with Gasteiger partial charge in [-0.05, 0) is 44.1 Å². The first-order chi connectivity index (χ1) is 9.11. The van der Waals surface area contributed by atoms with Crippen molar-refractivity contribution in [3.05, 3.63) is 0 Å². The van der Waals surface area contributed by atoms with E-state index < -0.39 is 0 Å². The van der Waals surface area contributed by atoms with Crippen LogP contribution in [-0.2, 0) is 4.79 Å². The lowest BCUT2D eigenvalue weighted by molar-refractivity contribution is -0.135. The van der Waals surface area contributed by atoms with Crippen LogP contribution >= 0.6 is 0 Å². The predicted molar refractivity (Wildman–Crippen MR) is 77.8 cm³/mol. The van der Waals surface area contributed by atoms with Crippen LogP contribution in [0.5, 0.6) is 0 Å². The SMILES string of the molecule is CC1CCN(C(=O)CN2CCCC(C)C2CN)CC1. The van der Waals surface area contributed by atoms with Gasteiger partial charge >= 0.3 is 0 Å². The molecule has 4 heteroatoms. The van der Waals surface area contributed by atoms with E-state index in [4.69, 9.17) is 5.73 Å². The molecule has 0 bridgehead atoms. The zero-order valence-electron chi connectivity index (χ0n) is 12.5. The number of hydrogen-bond acceptors (Lipinski definition) is 3. The van der Waals surface area contributed by atoms with Gasteiger partial charge in [0, 0.05) is 25.7 Å². The van der Waals surface area contributed by atoms with E-state index in [0.717, 1.165) is 38.4 Å². The smallest absolute Gasteiger partial charge is 0.236 e. The second-order valence-corrected chi connectivity index (χ2v) is 6.46. The van der Waals surface area contributed by atoms with E-state index in [2.05, 4.69) is 18.7 Å². The molecule has 2 aliphatic heterocycles. The zero-order valence-corrected chi connectivity index (χ0v) is 12.5. The highest BCUT2D eigenvalue weighted by molar-refractivity contribution is 5.78. The molecule has 2 aliphatic rings. The third-order valence-corrected chi connectivity index (χ3v) is 4.95. The minimum Gasteiger partial charge on any atom is -0.342 e. The van der Waals surface area contributed by atoms with Crippen molar-refractivity contribution in [1.29, 1.82) is 0 Å². The average Bonchev–Trinajstić information content (AvgIpc) is 2.39. The van der Waals surface area contributed by atoms with Crippen molar-refractivity contribution in [3.8, 4) is 0 Å². The third-order valence-electron chi connectivity index (χ3n) is 4.95. The van der Waals surface area contributed by atoms with Gasteiger partial charge in [0.05, 0.1) is 6.54 Å². The molecule has 2 rings (SSSR count). The molecule has 2 saturated heterocycles. The molecule has 0 aromatic rings. The summed E-state index contributed by atoms with van der Waals surface area (Å²) in [5.41, 5.74) is 5.89. The van der Waals surface area contributed by atoms with Crippen LogP contribution in [0.15, 0.2) is 0 Å². The fourth-order valence-corrected chi connectivity index (χ4v) is 3.44. The quantitative estimate of drug-likeness (QED) is 0.838. The number of hydrogen-bond donors (Lipinski definition) is 1. The normalized spacial score (nSPS) is 30.6. The first-order valence-electron chi connectivity index (χ1n) is 7.83. The number of rotatable bonds is 3. The van der Waals surface area contributed by atoms with E-state index in [1.165, 1.54) is 12.8 Å². The van der Waals surface area contributed by atoms with E-state index in [0.29, 0.717) is 31.0 Å². The Bertz CT molecular complexity index is 300. The van der Waals surface area contributed by atoms with Gasteiger partial charge in [-0.3, -0.25) is 9.69 Å². The summed E-state index contributed by atoms with van der Waals surface area (Å²) in [4.78, 5) is 16.7. The minimum atomic E-state index is 0.305. The topological polar surface area (TPSA) is 49.6 Å². The molecular weight excluding hydrogens is 238 g/mol. The zero-order chi connectivity index (χ0) is 13.8. The molecule has 110 valence electrons. The van der Waals surface area contributed by atoms with Gasteiger partial charge in [0.25, 0.3) is 0 Å². The number of carbonyl (C=O) groups is 1.